The molecule has 0 radical (unpaired) electrons. The number of carboxylic acid groups (broad SMARTS) is 1. The molecular formula is C24H20NO4-. The number of allylic oxidation sites excluding steroid dienone is 2. The normalized spacial score (nSPS) is 18.3. The molecule has 0 spiro atoms. The van der Waals surface area contributed by atoms with Crippen LogP contribution in [0.15, 0.2) is 78.9 Å². The first-order valence-corrected chi connectivity index (χ1v) is 9.54. The molecule has 3 aromatic carbocycles. The molecule has 0 aliphatic heterocycles. The fourth-order valence-corrected chi connectivity index (χ4v) is 3.62. The standard InChI is InChI=1S/C24H21NO4/c26-23(20-9-3-4-10-21(20)24(27)28)25-17-12-14-18(15-13-17)29-22-11-5-7-16-6-1-2-8-19(16)22/h1-8,11-15,20-21H,9-10H2,(H,25,26)(H,27,28)/p-1/t20-,21+/m1/s1. The van der Waals surface area contributed by atoms with E-state index in [2.05, 4.69) is 5.32 Å². The number of anilines is 1. The van der Waals surface area contributed by atoms with Gasteiger partial charge in [0.2, 0.25) is 5.91 Å². The molecule has 3 aromatic rings. The maximum absolute atomic E-state index is 12.5. The van der Waals surface area contributed by atoms with Gasteiger partial charge in [0.05, 0.1) is 5.92 Å². The number of nitrogens with one attached hydrogen (secondary N) is 1. The summed E-state index contributed by atoms with van der Waals surface area (Å²) in [7, 11) is 0. The molecule has 1 aliphatic rings. The minimum Gasteiger partial charge on any atom is -0.550 e. The molecule has 4 rings (SSSR count). The summed E-state index contributed by atoms with van der Waals surface area (Å²) in [5, 5.41) is 16.2. The number of rotatable bonds is 5. The lowest BCUT2D eigenvalue weighted by Gasteiger charge is -2.28. The number of fused-ring (bicyclic) bond motifs is 1. The molecule has 5 heteroatoms. The Kier molecular flexibility index (Phi) is 5.29. The largest absolute Gasteiger partial charge is 0.550 e. The molecule has 0 aromatic heterocycles. The SMILES string of the molecule is O=C([O-])[C@H]1CC=CC[C@H]1C(=O)Nc1ccc(Oc2cccc3ccccc23)cc1. The van der Waals surface area contributed by atoms with E-state index in [0.29, 0.717) is 24.3 Å². The molecule has 2 atom stereocenters. The molecule has 0 unspecified atom stereocenters. The van der Waals surface area contributed by atoms with Crippen molar-refractivity contribution >= 4 is 28.3 Å². The van der Waals surface area contributed by atoms with Gasteiger partial charge in [-0.2, -0.15) is 0 Å². The number of ether oxygens (including phenoxy) is 1. The van der Waals surface area contributed by atoms with E-state index in [0.717, 1.165) is 16.5 Å². The van der Waals surface area contributed by atoms with Crippen molar-refractivity contribution in [2.75, 3.05) is 5.32 Å². The Morgan fingerprint density at radius 1 is 0.862 bits per heavy atom. The molecule has 0 saturated heterocycles. The van der Waals surface area contributed by atoms with Crippen molar-refractivity contribution in [1.82, 2.24) is 0 Å². The fraction of sp³-hybridized carbons (Fsp3) is 0.167. The molecule has 5 nitrogen and oxygen atoms in total. The predicted octanol–water partition coefficient (Wildman–Crippen LogP) is 3.90. The third-order valence-electron chi connectivity index (χ3n) is 5.17. The Morgan fingerprint density at radius 2 is 1.55 bits per heavy atom. The first kappa shape index (κ1) is 18.7. The third kappa shape index (κ3) is 4.14. The first-order valence-electron chi connectivity index (χ1n) is 9.54. The number of carbonyl (C=O) groups is 2. The quantitative estimate of drug-likeness (QED) is 0.675. The van der Waals surface area contributed by atoms with Crippen molar-refractivity contribution in [3.05, 3.63) is 78.9 Å². The zero-order valence-electron chi connectivity index (χ0n) is 15.7. The smallest absolute Gasteiger partial charge is 0.228 e. The average molecular weight is 386 g/mol. The Morgan fingerprint density at radius 3 is 2.31 bits per heavy atom. The van der Waals surface area contributed by atoms with Crippen LogP contribution in [0.25, 0.3) is 10.8 Å². The highest BCUT2D eigenvalue weighted by Crippen LogP contribution is 2.31. The lowest BCUT2D eigenvalue weighted by atomic mass is 9.82. The number of hydrogen-bond donors (Lipinski definition) is 1. The maximum Gasteiger partial charge on any atom is 0.228 e. The van der Waals surface area contributed by atoms with Crippen LogP contribution in [0, 0.1) is 11.8 Å². The van der Waals surface area contributed by atoms with Crippen molar-refractivity contribution in [2.45, 2.75) is 12.8 Å². The van der Waals surface area contributed by atoms with Gasteiger partial charge in [-0.3, -0.25) is 4.79 Å². The van der Waals surface area contributed by atoms with Crippen LogP contribution in [0.1, 0.15) is 12.8 Å². The van der Waals surface area contributed by atoms with Gasteiger partial charge in [-0.15, -0.1) is 0 Å². The third-order valence-corrected chi connectivity index (χ3v) is 5.17. The molecule has 29 heavy (non-hydrogen) atoms. The van der Waals surface area contributed by atoms with Crippen LogP contribution in [-0.4, -0.2) is 11.9 Å². The van der Waals surface area contributed by atoms with Crippen LogP contribution < -0.4 is 15.2 Å². The van der Waals surface area contributed by atoms with Crippen LogP contribution in [-0.2, 0) is 9.59 Å². The van der Waals surface area contributed by atoms with E-state index < -0.39 is 17.8 Å². The highest BCUT2D eigenvalue weighted by molar-refractivity contribution is 5.95. The van der Waals surface area contributed by atoms with Crippen LogP contribution >= 0.6 is 0 Å². The summed E-state index contributed by atoms with van der Waals surface area (Å²) in [5.74, 6) is -1.52. The van der Waals surface area contributed by atoms with Crippen molar-refractivity contribution in [2.24, 2.45) is 11.8 Å². The van der Waals surface area contributed by atoms with Crippen molar-refractivity contribution in [3.8, 4) is 11.5 Å². The number of hydrogen-bond acceptors (Lipinski definition) is 4. The molecule has 0 saturated carbocycles. The Bertz CT molecular complexity index is 1070. The fourth-order valence-electron chi connectivity index (χ4n) is 3.62. The van der Waals surface area contributed by atoms with Crippen molar-refractivity contribution in [1.29, 1.82) is 0 Å². The minimum atomic E-state index is -1.19. The van der Waals surface area contributed by atoms with E-state index in [1.807, 2.05) is 48.5 Å². The Labute approximate surface area is 168 Å². The van der Waals surface area contributed by atoms with Gasteiger partial charge in [-0.25, -0.2) is 0 Å². The first-order chi connectivity index (χ1) is 14.1. The Hall–Kier alpha value is -3.60. The highest BCUT2D eigenvalue weighted by atomic mass is 16.5. The van der Waals surface area contributed by atoms with Crippen LogP contribution in [0.3, 0.4) is 0 Å². The van der Waals surface area contributed by atoms with E-state index in [4.69, 9.17) is 4.74 Å². The molecule has 1 aliphatic carbocycles. The summed E-state index contributed by atoms with van der Waals surface area (Å²) in [6.45, 7) is 0. The van der Waals surface area contributed by atoms with Gasteiger partial charge < -0.3 is 20.0 Å². The highest BCUT2D eigenvalue weighted by Gasteiger charge is 2.29. The van der Waals surface area contributed by atoms with E-state index in [-0.39, 0.29) is 5.91 Å². The van der Waals surface area contributed by atoms with Crippen LogP contribution in [0.4, 0.5) is 5.69 Å². The molecule has 1 N–H and O–H groups in total. The summed E-state index contributed by atoms with van der Waals surface area (Å²) in [4.78, 5) is 23.8. The second kappa shape index (κ2) is 8.19. The lowest BCUT2D eigenvalue weighted by molar-refractivity contribution is -0.313. The van der Waals surface area contributed by atoms with Crippen LogP contribution in [0.5, 0.6) is 11.5 Å². The monoisotopic (exact) mass is 386 g/mol. The minimum absolute atomic E-state index is 0.314. The predicted molar refractivity (Wildman–Crippen MR) is 109 cm³/mol. The molecule has 0 fully saturated rings. The molecule has 1 amide bonds. The molecule has 0 heterocycles. The number of benzene rings is 3. The summed E-state index contributed by atoms with van der Waals surface area (Å²) < 4.78 is 6.01. The average Bonchev–Trinajstić information content (AvgIpc) is 2.75. The van der Waals surface area contributed by atoms with Gasteiger partial charge in [0, 0.05) is 23.0 Å². The number of carbonyl (C=O) groups excluding carboxylic acids is 2. The van der Waals surface area contributed by atoms with Crippen LogP contribution in [0.2, 0.25) is 0 Å². The number of amides is 1. The second-order valence-electron chi connectivity index (χ2n) is 7.07. The van der Waals surface area contributed by atoms with E-state index in [1.165, 1.54) is 0 Å². The summed E-state index contributed by atoms with van der Waals surface area (Å²) in [6.07, 6.45) is 4.33. The van der Waals surface area contributed by atoms with E-state index in [1.54, 1.807) is 30.3 Å². The van der Waals surface area contributed by atoms with Gasteiger partial charge in [-0.1, -0.05) is 48.6 Å². The molecular weight excluding hydrogens is 366 g/mol. The summed E-state index contributed by atoms with van der Waals surface area (Å²) in [5.41, 5.74) is 0.590. The van der Waals surface area contributed by atoms with Crippen molar-refractivity contribution < 1.29 is 19.4 Å². The zero-order chi connectivity index (χ0) is 20.2. The lowest BCUT2D eigenvalue weighted by Crippen LogP contribution is -2.41. The number of carboxylic acids is 1. The summed E-state index contributed by atoms with van der Waals surface area (Å²) in [6, 6.07) is 20.9. The van der Waals surface area contributed by atoms with Gasteiger partial charge in [0.1, 0.15) is 11.5 Å². The van der Waals surface area contributed by atoms with E-state index >= 15 is 0 Å². The maximum atomic E-state index is 12.5. The van der Waals surface area contributed by atoms with Gasteiger partial charge in [-0.05, 0) is 48.6 Å². The summed E-state index contributed by atoms with van der Waals surface area (Å²) >= 11 is 0. The van der Waals surface area contributed by atoms with Gasteiger partial charge >= 0.3 is 0 Å². The number of aliphatic carboxylic acids is 1. The van der Waals surface area contributed by atoms with Gasteiger partial charge in [0.25, 0.3) is 0 Å². The van der Waals surface area contributed by atoms with Gasteiger partial charge in [0.15, 0.2) is 0 Å². The van der Waals surface area contributed by atoms with Crippen molar-refractivity contribution in [3.63, 3.8) is 0 Å². The molecule has 146 valence electrons. The van der Waals surface area contributed by atoms with E-state index in [9.17, 15) is 14.7 Å². The topological polar surface area (TPSA) is 78.5 Å². The zero-order valence-corrected chi connectivity index (χ0v) is 15.7. The Balaban J connectivity index is 1.46. The molecule has 0 bridgehead atoms. The second-order valence-corrected chi connectivity index (χ2v) is 7.07.